The fourth-order valence-electron chi connectivity index (χ4n) is 1.78. The minimum Gasteiger partial charge on any atom is -0.479 e. The van der Waals surface area contributed by atoms with Crippen LogP contribution in [0.25, 0.3) is 0 Å². The summed E-state index contributed by atoms with van der Waals surface area (Å²) in [7, 11) is 0. The van der Waals surface area contributed by atoms with Crippen LogP contribution < -0.4 is 10.1 Å². The second-order valence-electron chi connectivity index (χ2n) is 4.00. The minimum atomic E-state index is 0.0616. The van der Waals surface area contributed by atoms with Crippen molar-refractivity contribution in [2.24, 2.45) is 0 Å². The molecule has 1 N–H and O–H groups in total. The molecule has 19 heavy (non-hydrogen) atoms. The number of imidazole rings is 1. The summed E-state index contributed by atoms with van der Waals surface area (Å²) >= 11 is 0. The van der Waals surface area contributed by atoms with Gasteiger partial charge in [-0.2, -0.15) is 5.26 Å². The Bertz CT molecular complexity index is 571. The molecule has 5 heteroatoms. The molecule has 0 spiro atoms. The summed E-state index contributed by atoms with van der Waals surface area (Å²) in [5, 5.41) is 11.8. The Morgan fingerprint density at radius 2 is 2.37 bits per heavy atom. The molecule has 5 nitrogen and oxygen atoms in total. The molecular formula is C14H16N4O. The third-order valence-corrected chi connectivity index (χ3v) is 2.75. The molecule has 0 amide bonds. The van der Waals surface area contributed by atoms with E-state index in [4.69, 9.17) is 10.00 Å². The van der Waals surface area contributed by atoms with Crippen molar-refractivity contribution in [3.63, 3.8) is 0 Å². The quantitative estimate of drug-likeness (QED) is 0.862. The lowest BCUT2D eigenvalue weighted by Gasteiger charge is -2.09. The van der Waals surface area contributed by atoms with Crippen LogP contribution in [-0.4, -0.2) is 16.2 Å². The van der Waals surface area contributed by atoms with Crippen LogP contribution in [0.15, 0.2) is 36.8 Å². The van der Waals surface area contributed by atoms with Gasteiger partial charge in [-0.1, -0.05) is 6.07 Å². The average Bonchev–Trinajstić information content (AvgIpc) is 2.91. The number of rotatable bonds is 6. The van der Waals surface area contributed by atoms with Crippen molar-refractivity contribution in [3.05, 3.63) is 42.5 Å². The van der Waals surface area contributed by atoms with Gasteiger partial charge in [0.25, 0.3) is 0 Å². The molecule has 0 saturated heterocycles. The zero-order valence-corrected chi connectivity index (χ0v) is 10.8. The van der Waals surface area contributed by atoms with E-state index in [2.05, 4.69) is 21.8 Å². The minimum absolute atomic E-state index is 0.0616. The maximum absolute atomic E-state index is 8.48. The van der Waals surface area contributed by atoms with E-state index in [1.807, 2.05) is 42.9 Å². The zero-order chi connectivity index (χ0) is 13.5. The highest BCUT2D eigenvalue weighted by molar-refractivity contribution is 5.48. The standard InChI is InChI=1S/C14H16N4O/c1-2-18-11-16-9-13(18)10-17-12-4-3-5-14(8-12)19-7-6-15/h3-5,8-9,11,17H,2,7,10H2,1H3. The lowest BCUT2D eigenvalue weighted by atomic mass is 10.3. The summed E-state index contributed by atoms with van der Waals surface area (Å²) in [5.74, 6) is 0.690. The molecule has 1 aromatic carbocycles. The highest BCUT2D eigenvalue weighted by Crippen LogP contribution is 2.17. The Kier molecular flexibility index (Phi) is 4.40. The number of benzene rings is 1. The van der Waals surface area contributed by atoms with Crippen molar-refractivity contribution < 1.29 is 4.74 Å². The molecule has 2 rings (SSSR count). The van der Waals surface area contributed by atoms with E-state index >= 15 is 0 Å². The number of nitriles is 1. The predicted molar refractivity (Wildman–Crippen MR) is 72.8 cm³/mol. The van der Waals surface area contributed by atoms with Crippen LogP contribution in [0.3, 0.4) is 0 Å². The number of hydrogen-bond acceptors (Lipinski definition) is 4. The molecule has 0 aliphatic carbocycles. The summed E-state index contributed by atoms with van der Waals surface area (Å²) < 4.78 is 7.35. The van der Waals surface area contributed by atoms with Crippen LogP contribution in [0.5, 0.6) is 5.75 Å². The summed E-state index contributed by atoms with van der Waals surface area (Å²) in [4.78, 5) is 4.13. The van der Waals surface area contributed by atoms with Gasteiger partial charge in [0.15, 0.2) is 6.61 Å². The first-order valence-electron chi connectivity index (χ1n) is 6.16. The summed E-state index contributed by atoms with van der Waals surface area (Å²) in [5.41, 5.74) is 2.09. The molecule has 0 radical (unpaired) electrons. The monoisotopic (exact) mass is 256 g/mol. The SMILES string of the molecule is CCn1cncc1CNc1cccc(OCC#N)c1. The van der Waals surface area contributed by atoms with E-state index < -0.39 is 0 Å². The molecule has 0 bridgehead atoms. The van der Waals surface area contributed by atoms with Gasteiger partial charge in [-0.25, -0.2) is 4.98 Å². The van der Waals surface area contributed by atoms with Gasteiger partial charge in [0.2, 0.25) is 0 Å². The second-order valence-corrected chi connectivity index (χ2v) is 4.00. The highest BCUT2D eigenvalue weighted by atomic mass is 16.5. The molecule has 0 aliphatic heterocycles. The van der Waals surface area contributed by atoms with Gasteiger partial charge < -0.3 is 14.6 Å². The van der Waals surface area contributed by atoms with Crippen LogP contribution in [-0.2, 0) is 13.1 Å². The number of aryl methyl sites for hydroxylation is 1. The third kappa shape index (κ3) is 3.49. The normalized spacial score (nSPS) is 9.89. The maximum Gasteiger partial charge on any atom is 0.174 e. The van der Waals surface area contributed by atoms with Crippen LogP contribution in [0.1, 0.15) is 12.6 Å². The smallest absolute Gasteiger partial charge is 0.174 e. The van der Waals surface area contributed by atoms with Gasteiger partial charge in [-0.05, 0) is 19.1 Å². The lowest BCUT2D eigenvalue weighted by molar-refractivity contribution is 0.368. The van der Waals surface area contributed by atoms with Crippen molar-refractivity contribution in [1.29, 1.82) is 5.26 Å². The van der Waals surface area contributed by atoms with Crippen LogP contribution in [0.2, 0.25) is 0 Å². The van der Waals surface area contributed by atoms with Crippen molar-refractivity contribution >= 4 is 5.69 Å². The van der Waals surface area contributed by atoms with E-state index in [1.165, 1.54) is 0 Å². The number of ether oxygens (including phenoxy) is 1. The first kappa shape index (κ1) is 13.0. The molecule has 0 unspecified atom stereocenters. The van der Waals surface area contributed by atoms with Crippen LogP contribution in [0, 0.1) is 11.3 Å². The van der Waals surface area contributed by atoms with Gasteiger partial charge in [0, 0.05) is 24.5 Å². The molecule has 0 fully saturated rings. The van der Waals surface area contributed by atoms with Gasteiger partial charge in [0.05, 0.1) is 18.6 Å². The number of aromatic nitrogens is 2. The van der Waals surface area contributed by atoms with Crippen molar-refractivity contribution in [2.45, 2.75) is 20.0 Å². The summed E-state index contributed by atoms with van der Waals surface area (Å²) in [6.45, 7) is 3.76. The number of anilines is 1. The number of hydrogen-bond donors (Lipinski definition) is 1. The average molecular weight is 256 g/mol. The Hall–Kier alpha value is -2.48. The highest BCUT2D eigenvalue weighted by Gasteiger charge is 2.01. The molecule has 98 valence electrons. The number of nitrogens with one attached hydrogen (secondary N) is 1. The van der Waals surface area contributed by atoms with Gasteiger partial charge in [0.1, 0.15) is 11.8 Å². The largest absolute Gasteiger partial charge is 0.479 e. The molecule has 0 atom stereocenters. The fourth-order valence-corrected chi connectivity index (χ4v) is 1.78. The van der Waals surface area contributed by atoms with E-state index in [9.17, 15) is 0 Å². The third-order valence-electron chi connectivity index (χ3n) is 2.75. The molecule has 0 aliphatic rings. The van der Waals surface area contributed by atoms with Crippen molar-refractivity contribution in [1.82, 2.24) is 9.55 Å². The molecule has 1 aromatic heterocycles. The fraction of sp³-hybridized carbons (Fsp3) is 0.286. The summed E-state index contributed by atoms with van der Waals surface area (Å²) in [6.07, 6.45) is 3.68. The lowest BCUT2D eigenvalue weighted by Crippen LogP contribution is -2.06. The first-order valence-corrected chi connectivity index (χ1v) is 6.16. The van der Waals surface area contributed by atoms with E-state index in [-0.39, 0.29) is 6.61 Å². The number of nitrogens with zero attached hydrogens (tertiary/aromatic N) is 3. The van der Waals surface area contributed by atoms with Crippen molar-refractivity contribution in [3.8, 4) is 11.8 Å². The predicted octanol–water partition coefficient (Wildman–Crippen LogP) is 2.42. The molecule has 1 heterocycles. The van der Waals surface area contributed by atoms with E-state index in [0.717, 1.165) is 17.9 Å². The van der Waals surface area contributed by atoms with Gasteiger partial charge in [-0.3, -0.25) is 0 Å². The Labute approximate surface area is 112 Å². The second kappa shape index (κ2) is 6.45. The Morgan fingerprint density at radius 3 is 3.16 bits per heavy atom. The first-order chi connectivity index (χ1) is 9.33. The van der Waals surface area contributed by atoms with Gasteiger partial charge in [-0.15, -0.1) is 0 Å². The van der Waals surface area contributed by atoms with Crippen LogP contribution >= 0.6 is 0 Å². The topological polar surface area (TPSA) is 62.9 Å². The van der Waals surface area contributed by atoms with E-state index in [1.54, 1.807) is 0 Å². The van der Waals surface area contributed by atoms with E-state index in [0.29, 0.717) is 12.3 Å². The Morgan fingerprint density at radius 1 is 1.47 bits per heavy atom. The summed E-state index contributed by atoms with van der Waals surface area (Å²) in [6, 6.07) is 9.52. The molecular weight excluding hydrogens is 240 g/mol. The molecule has 0 saturated carbocycles. The van der Waals surface area contributed by atoms with Crippen LogP contribution in [0.4, 0.5) is 5.69 Å². The van der Waals surface area contributed by atoms with Crippen molar-refractivity contribution in [2.75, 3.05) is 11.9 Å². The molecule has 2 aromatic rings. The maximum atomic E-state index is 8.48. The Balaban J connectivity index is 1.98. The van der Waals surface area contributed by atoms with Gasteiger partial charge >= 0.3 is 0 Å². The zero-order valence-electron chi connectivity index (χ0n) is 10.8.